The molecule has 0 aliphatic carbocycles. The van der Waals surface area contributed by atoms with Crippen molar-refractivity contribution in [2.75, 3.05) is 25.0 Å². The highest BCUT2D eigenvalue weighted by Gasteiger charge is 2.29. The fourth-order valence-electron chi connectivity index (χ4n) is 4.44. The molecule has 9 heteroatoms. The van der Waals surface area contributed by atoms with Crippen molar-refractivity contribution >= 4 is 33.9 Å². The van der Waals surface area contributed by atoms with Gasteiger partial charge in [-0.05, 0) is 49.5 Å². The van der Waals surface area contributed by atoms with Gasteiger partial charge in [0.15, 0.2) is 0 Å². The van der Waals surface area contributed by atoms with E-state index in [-0.39, 0.29) is 10.6 Å². The third-order valence-corrected chi connectivity index (χ3v) is 6.34. The van der Waals surface area contributed by atoms with Crippen molar-refractivity contribution in [3.8, 4) is 17.0 Å². The predicted octanol–water partition coefficient (Wildman–Crippen LogP) is 5.23. The SMILES string of the molecule is CCN(CC)CCn1nc2c3c(c([N+](=O)[O-])ccc31)Nc1ccc(OC(=O)c3ccccc3)cc1-2. The quantitative estimate of drug-likeness (QED) is 0.143. The number of ether oxygens (including phenoxy) is 1. The zero-order chi connectivity index (χ0) is 24.5. The zero-order valence-corrected chi connectivity index (χ0v) is 19.5. The lowest BCUT2D eigenvalue weighted by molar-refractivity contribution is -0.383. The number of esters is 1. The van der Waals surface area contributed by atoms with Crippen LogP contribution in [0.15, 0.2) is 60.7 Å². The molecule has 0 unspecified atom stereocenters. The minimum Gasteiger partial charge on any atom is -0.423 e. The lowest BCUT2D eigenvalue weighted by Gasteiger charge is -2.18. The highest BCUT2D eigenvalue weighted by atomic mass is 16.6. The van der Waals surface area contributed by atoms with Gasteiger partial charge in [-0.2, -0.15) is 5.10 Å². The predicted molar refractivity (Wildman–Crippen MR) is 134 cm³/mol. The number of likely N-dealkylation sites (N-methyl/N-ethyl adjacent to an activating group) is 1. The molecule has 0 saturated heterocycles. The Morgan fingerprint density at radius 2 is 1.89 bits per heavy atom. The lowest BCUT2D eigenvalue weighted by atomic mass is 9.99. The average molecular weight is 472 g/mol. The molecule has 0 amide bonds. The van der Waals surface area contributed by atoms with Crippen LogP contribution >= 0.6 is 0 Å². The lowest BCUT2D eigenvalue weighted by Crippen LogP contribution is -2.27. The normalized spacial score (nSPS) is 11.9. The van der Waals surface area contributed by atoms with E-state index in [2.05, 4.69) is 24.1 Å². The van der Waals surface area contributed by atoms with Gasteiger partial charge in [0.1, 0.15) is 17.1 Å². The molecule has 9 nitrogen and oxygen atoms in total. The first-order valence-corrected chi connectivity index (χ1v) is 11.6. The van der Waals surface area contributed by atoms with E-state index in [1.807, 2.05) is 10.7 Å². The van der Waals surface area contributed by atoms with Crippen LogP contribution in [0, 0.1) is 10.1 Å². The molecule has 3 aromatic carbocycles. The first-order valence-electron chi connectivity index (χ1n) is 11.6. The van der Waals surface area contributed by atoms with Crippen molar-refractivity contribution < 1.29 is 14.5 Å². The van der Waals surface area contributed by atoms with Gasteiger partial charge in [0.25, 0.3) is 5.69 Å². The summed E-state index contributed by atoms with van der Waals surface area (Å²) in [6, 6.07) is 17.2. The van der Waals surface area contributed by atoms with Gasteiger partial charge < -0.3 is 15.0 Å². The number of nitrogens with one attached hydrogen (secondary N) is 1. The van der Waals surface area contributed by atoms with E-state index < -0.39 is 5.97 Å². The molecule has 0 spiro atoms. The number of rotatable bonds is 8. The van der Waals surface area contributed by atoms with Crippen molar-refractivity contribution in [1.82, 2.24) is 14.7 Å². The summed E-state index contributed by atoms with van der Waals surface area (Å²) in [5.74, 6) is -0.0839. The second-order valence-corrected chi connectivity index (χ2v) is 8.30. The highest BCUT2D eigenvalue weighted by Crippen LogP contribution is 2.48. The van der Waals surface area contributed by atoms with E-state index in [9.17, 15) is 14.9 Å². The van der Waals surface area contributed by atoms with E-state index in [1.165, 1.54) is 6.07 Å². The maximum absolute atomic E-state index is 12.6. The Hall–Kier alpha value is -4.24. The van der Waals surface area contributed by atoms with Crippen LogP contribution in [0.25, 0.3) is 22.2 Å². The smallest absolute Gasteiger partial charge is 0.343 e. The first kappa shape index (κ1) is 22.5. The van der Waals surface area contributed by atoms with Gasteiger partial charge >= 0.3 is 5.97 Å². The van der Waals surface area contributed by atoms with Crippen LogP contribution in [0.1, 0.15) is 24.2 Å². The van der Waals surface area contributed by atoms with E-state index in [0.29, 0.717) is 40.3 Å². The monoisotopic (exact) mass is 471 g/mol. The van der Waals surface area contributed by atoms with Crippen molar-refractivity contribution in [2.24, 2.45) is 0 Å². The summed E-state index contributed by atoms with van der Waals surface area (Å²) >= 11 is 0. The van der Waals surface area contributed by atoms with E-state index in [4.69, 9.17) is 9.84 Å². The van der Waals surface area contributed by atoms with Crippen LogP contribution in [-0.4, -0.2) is 45.2 Å². The van der Waals surface area contributed by atoms with Crippen LogP contribution in [0.3, 0.4) is 0 Å². The number of fused-ring (bicyclic) bond motifs is 2. The summed E-state index contributed by atoms with van der Waals surface area (Å²) in [6.07, 6.45) is 0. The number of aromatic nitrogens is 2. The minimum atomic E-state index is -0.458. The number of anilines is 2. The second-order valence-electron chi connectivity index (χ2n) is 8.30. The number of nitro groups is 1. The molecule has 0 radical (unpaired) electrons. The summed E-state index contributed by atoms with van der Waals surface area (Å²) in [5, 5.41) is 20.5. The number of carbonyl (C=O) groups is 1. The average Bonchev–Trinajstić information content (AvgIpc) is 3.25. The molecule has 1 aliphatic rings. The minimum absolute atomic E-state index is 0.00715. The van der Waals surface area contributed by atoms with Crippen LogP contribution in [-0.2, 0) is 6.54 Å². The molecular formula is C26H25N5O4. The molecule has 2 heterocycles. The van der Waals surface area contributed by atoms with Crippen LogP contribution < -0.4 is 10.1 Å². The van der Waals surface area contributed by atoms with E-state index in [1.54, 1.807) is 48.5 Å². The summed E-state index contributed by atoms with van der Waals surface area (Å²) in [4.78, 5) is 26.2. The van der Waals surface area contributed by atoms with Gasteiger partial charge in [0, 0.05) is 23.9 Å². The van der Waals surface area contributed by atoms with E-state index in [0.717, 1.165) is 30.7 Å². The maximum atomic E-state index is 12.6. The van der Waals surface area contributed by atoms with Crippen LogP contribution in [0.2, 0.25) is 0 Å². The molecule has 1 aromatic heterocycles. The Morgan fingerprint density at radius 3 is 2.60 bits per heavy atom. The second kappa shape index (κ2) is 9.19. The molecule has 35 heavy (non-hydrogen) atoms. The van der Waals surface area contributed by atoms with Gasteiger partial charge in [0.2, 0.25) is 0 Å². The largest absolute Gasteiger partial charge is 0.423 e. The molecular weight excluding hydrogens is 446 g/mol. The van der Waals surface area contributed by atoms with Gasteiger partial charge in [-0.3, -0.25) is 14.8 Å². The molecule has 1 N–H and O–H groups in total. The van der Waals surface area contributed by atoms with E-state index >= 15 is 0 Å². The third-order valence-electron chi connectivity index (χ3n) is 6.34. The Balaban J connectivity index is 1.57. The summed E-state index contributed by atoms with van der Waals surface area (Å²) < 4.78 is 7.51. The molecule has 4 aromatic rings. The van der Waals surface area contributed by atoms with Crippen molar-refractivity contribution in [1.29, 1.82) is 0 Å². The first-order chi connectivity index (χ1) is 17.0. The van der Waals surface area contributed by atoms with Gasteiger partial charge in [-0.15, -0.1) is 0 Å². The molecule has 0 atom stereocenters. The van der Waals surface area contributed by atoms with Crippen molar-refractivity contribution in [2.45, 2.75) is 20.4 Å². The summed E-state index contributed by atoms with van der Waals surface area (Å²) in [5.41, 5.74) is 3.71. The Bertz CT molecular complexity index is 1430. The molecule has 178 valence electrons. The highest BCUT2D eigenvalue weighted by molar-refractivity contribution is 6.12. The van der Waals surface area contributed by atoms with Crippen molar-refractivity contribution in [3.63, 3.8) is 0 Å². The maximum Gasteiger partial charge on any atom is 0.343 e. The Kier molecular flexibility index (Phi) is 5.92. The number of hydrogen-bond donors (Lipinski definition) is 1. The third kappa shape index (κ3) is 4.10. The fourth-order valence-corrected chi connectivity index (χ4v) is 4.44. The van der Waals surface area contributed by atoms with Crippen LogP contribution in [0.4, 0.5) is 17.1 Å². The zero-order valence-electron chi connectivity index (χ0n) is 19.5. The molecule has 0 saturated carbocycles. The Morgan fingerprint density at radius 1 is 1.11 bits per heavy atom. The molecule has 0 fully saturated rings. The van der Waals surface area contributed by atoms with Gasteiger partial charge in [0.05, 0.1) is 27.9 Å². The Labute approximate surface area is 202 Å². The molecule has 0 bridgehead atoms. The topological polar surface area (TPSA) is 103 Å². The number of hydrogen-bond acceptors (Lipinski definition) is 7. The van der Waals surface area contributed by atoms with Gasteiger partial charge in [-0.1, -0.05) is 32.0 Å². The van der Waals surface area contributed by atoms with Gasteiger partial charge in [-0.25, -0.2) is 4.79 Å². The summed E-state index contributed by atoms with van der Waals surface area (Å²) in [6.45, 7) is 7.55. The van der Waals surface area contributed by atoms with Crippen molar-refractivity contribution in [3.05, 3.63) is 76.3 Å². The molecule has 5 rings (SSSR count). The van der Waals surface area contributed by atoms with Crippen LogP contribution in [0.5, 0.6) is 5.75 Å². The number of carbonyl (C=O) groups excluding carboxylic acids is 1. The molecule has 1 aliphatic heterocycles. The number of nitrogens with zero attached hydrogens (tertiary/aromatic N) is 4. The number of nitro benzene ring substituents is 1. The number of benzene rings is 3. The summed E-state index contributed by atoms with van der Waals surface area (Å²) in [7, 11) is 0. The standard InChI is InChI=1S/C26H25N5O4/c1-3-29(4-2)14-15-30-21-12-13-22(31(33)34)25-23(21)24(28-30)19-16-18(10-11-20(19)27-25)35-26(32)17-8-6-5-7-9-17/h5-13,16,27H,3-4,14-15H2,1-2H3. The fraction of sp³-hybridized carbons (Fsp3) is 0.231.